The third-order valence-corrected chi connectivity index (χ3v) is 8.86. The Kier molecular flexibility index (Phi) is 5.03. The number of thiophene rings is 1. The molecule has 2 aromatic carbocycles. The van der Waals surface area contributed by atoms with E-state index >= 15 is 0 Å². The summed E-state index contributed by atoms with van der Waals surface area (Å²) < 4.78 is 6.93. The first-order valence-corrected chi connectivity index (χ1v) is 12.3. The molecule has 1 amide bonds. The second-order valence-corrected chi connectivity index (χ2v) is 10.3. The largest absolute Gasteiger partial charge is 0.504 e. The molecule has 1 aromatic heterocycles. The molecule has 0 saturated carbocycles. The zero-order valence-electron chi connectivity index (χ0n) is 17.2. The van der Waals surface area contributed by atoms with Gasteiger partial charge < -0.3 is 25.6 Å². The second-order valence-electron chi connectivity index (χ2n) is 8.21. The third kappa shape index (κ3) is 3.24. The lowest BCUT2D eigenvalue weighted by atomic mass is 9.74. The number of phenols is 2. The number of nitrogens with two attached hydrogens (primary N) is 1. The van der Waals surface area contributed by atoms with Gasteiger partial charge in [-0.25, -0.2) is 0 Å². The maximum absolute atomic E-state index is 13.4. The second kappa shape index (κ2) is 7.62. The van der Waals surface area contributed by atoms with Crippen molar-refractivity contribution in [3.05, 3.63) is 46.3 Å². The van der Waals surface area contributed by atoms with Crippen LogP contribution in [0.15, 0.2) is 34.5 Å². The number of benzene rings is 2. The van der Waals surface area contributed by atoms with Crippen LogP contribution in [0, 0.1) is 0 Å². The van der Waals surface area contributed by atoms with Crippen LogP contribution >= 0.6 is 23.1 Å². The van der Waals surface area contributed by atoms with Crippen LogP contribution in [0.5, 0.6) is 17.2 Å². The van der Waals surface area contributed by atoms with Crippen LogP contribution in [-0.4, -0.2) is 47.0 Å². The number of carbonyl (C=O) groups excluding carboxylic acids is 1. The summed E-state index contributed by atoms with van der Waals surface area (Å²) in [4.78, 5) is 15.9. The van der Waals surface area contributed by atoms with Gasteiger partial charge in [0.25, 0.3) is 5.91 Å². The lowest BCUT2D eigenvalue weighted by Gasteiger charge is -2.38. The quantitative estimate of drug-likeness (QED) is 0.406. The third-order valence-electron chi connectivity index (χ3n) is 6.52. The fraction of sp³-hybridized carbons (Fsp3) is 0.348. The van der Waals surface area contributed by atoms with Crippen LogP contribution in [0.4, 0.5) is 0 Å². The molecule has 0 atom stereocenters. The van der Waals surface area contributed by atoms with Gasteiger partial charge in [-0.1, -0.05) is 12.1 Å². The SMILES string of the molecule is CSc1sc(C(=O)N2CCC3(CC2)COc2ccc(CN)cc23)c2cc(O)c(O)cc12. The van der Waals surface area contributed by atoms with E-state index in [4.69, 9.17) is 10.5 Å². The topological polar surface area (TPSA) is 96.0 Å². The van der Waals surface area contributed by atoms with Gasteiger partial charge in [0, 0.05) is 41.4 Å². The van der Waals surface area contributed by atoms with Gasteiger partial charge in [0.05, 0.1) is 10.8 Å². The van der Waals surface area contributed by atoms with Crippen LogP contribution in [-0.2, 0) is 12.0 Å². The van der Waals surface area contributed by atoms with Crippen molar-refractivity contribution in [1.29, 1.82) is 0 Å². The molecule has 0 aliphatic carbocycles. The number of amides is 1. The molecular weight excluding hydrogens is 432 g/mol. The predicted octanol–water partition coefficient (Wildman–Crippen LogP) is 4.06. The number of piperidine rings is 1. The van der Waals surface area contributed by atoms with Crippen molar-refractivity contribution in [2.45, 2.75) is 29.0 Å². The molecule has 0 unspecified atom stereocenters. The van der Waals surface area contributed by atoms with Gasteiger partial charge in [-0.3, -0.25) is 4.79 Å². The smallest absolute Gasteiger partial charge is 0.264 e. The first-order chi connectivity index (χ1) is 15.0. The fourth-order valence-corrected chi connectivity index (χ4v) is 6.61. The fourth-order valence-electron chi connectivity index (χ4n) is 4.68. The molecule has 2 aliphatic heterocycles. The Morgan fingerprint density at radius 1 is 1.19 bits per heavy atom. The monoisotopic (exact) mass is 456 g/mol. The minimum atomic E-state index is -0.208. The van der Waals surface area contributed by atoms with E-state index in [2.05, 4.69) is 6.07 Å². The standard InChI is InChI=1S/C23H24N2O4S2/c1-30-22-15-10-18(27)17(26)9-14(15)20(31-22)21(28)25-6-4-23(5-7-25)12-29-19-3-2-13(11-24)8-16(19)23/h2-3,8-10,26-27H,4-7,11-12,24H2,1H3. The van der Waals surface area contributed by atoms with Gasteiger partial charge in [0.15, 0.2) is 11.5 Å². The molecule has 4 N–H and O–H groups in total. The molecule has 5 rings (SSSR count). The molecule has 3 aromatic rings. The zero-order chi connectivity index (χ0) is 21.8. The molecule has 31 heavy (non-hydrogen) atoms. The van der Waals surface area contributed by atoms with Crippen molar-refractivity contribution in [1.82, 2.24) is 4.90 Å². The Morgan fingerprint density at radius 3 is 2.58 bits per heavy atom. The van der Waals surface area contributed by atoms with Crippen LogP contribution in [0.1, 0.15) is 33.6 Å². The molecule has 162 valence electrons. The van der Waals surface area contributed by atoms with Gasteiger partial charge in [-0.2, -0.15) is 0 Å². The zero-order valence-corrected chi connectivity index (χ0v) is 18.8. The number of ether oxygens (including phenoxy) is 1. The summed E-state index contributed by atoms with van der Waals surface area (Å²) in [6, 6.07) is 9.21. The number of aromatic hydroxyl groups is 2. The highest BCUT2D eigenvalue weighted by atomic mass is 32.2. The lowest BCUT2D eigenvalue weighted by molar-refractivity contribution is 0.0653. The molecular formula is C23H24N2O4S2. The molecule has 0 radical (unpaired) electrons. The normalized spacial score (nSPS) is 17.2. The molecule has 6 nitrogen and oxygen atoms in total. The van der Waals surface area contributed by atoms with E-state index in [0.717, 1.165) is 33.8 Å². The number of fused-ring (bicyclic) bond motifs is 3. The summed E-state index contributed by atoms with van der Waals surface area (Å²) in [5.41, 5.74) is 8.09. The Hall–Kier alpha value is -2.42. The van der Waals surface area contributed by atoms with E-state index in [9.17, 15) is 15.0 Å². The van der Waals surface area contributed by atoms with Crippen LogP contribution in [0.2, 0.25) is 0 Å². The summed E-state index contributed by atoms with van der Waals surface area (Å²) in [6.45, 7) is 2.43. The predicted molar refractivity (Wildman–Crippen MR) is 124 cm³/mol. The van der Waals surface area contributed by atoms with Crippen molar-refractivity contribution in [3.63, 3.8) is 0 Å². The van der Waals surface area contributed by atoms with Gasteiger partial charge in [-0.05, 0) is 42.9 Å². The highest BCUT2D eigenvalue weighted by molar-refractivity contribution is 8.00. The maximum atomic E-state index is 13.4. The number of hydrogen-bond acceptors (Lipinski definition) is 7. The molecule has 1 fully saturated rings. The highest BCUT2D eigenvalue weighted by Crippen LogP contribution is 2.47. The summed E-state index contributed by atoms with van der Waals surface area (Å²) in [5.74, 6) is 0.530. The van der Waals surface area contributed by atoms with Crippen LogP contribution in [0.25, 0.3) is 10.8 Å². The Labute approximate surface area is 188 Å². The summed E-state index contributed by atoms with van der Waals surface area (Å²) in [7, 11) is 0. The number of phenolic OH excluding ortho intramolecular Hbond substituents is 2. The number of carbonyl (C=O) groups is 1. The molecule has 2 aliphatic rings. The van der Waals surface area contributed by atoms with E-state index in [1.165, 1.54) is 40.8 Å². The summed E-state index contributed by atoms with van der Waals surface area (Å²) in [6.07, 6.45) is 3.62. The molecule has 0 bridgehead atoms. The van der Waals surface area contributed by atoms with Crippen molar-refractivity contribution < 1.29 is 19.7 Å². The Bertz CT molecular complexity index is 1180. The van der Waals surface area contributed by atoms with E-state index in [1.807, 2.05) is 23.3 Å². The number of rotatable bonds is 3. The first-order valence-electron chi connectivity index (χ1n) is 10.2. The molecule has 8 heteroatoms. The maximum Gasteiger partial charge on any atom is 0.264 e. The Morgan fingerprint density at radius 2 is 1.90 bits per heavy atom. The number of hydrogen-bond donors (Lipinski definition) is 3. The molecule has 3 heterocycles. The summed E-state index contributed by atoms with van der Waals surface area (Å²) in [5, 5.41) is 21.4. The first kappa shape index (κ1) is 20.5. The van der Waals surface area contributed by atoms with Crippen molar-refractivity contribution in [2.75, 3.05) is 26.0 Å². The minimum absolute atomic E-state index is 0.0231. The Balaban J connectivity index is 1.41. The van der Waals surface area contributed by atoms with Crippen molar-refractivity contribution in [3.8, 4) is 17.2 Å². The average molecular weight is 457 g/mol. The van der Waals surface area contributed by atoms with Crippen LogP contribution in [0.3, 0.4) is 0 Å². The van der Waals surface area contributed by atoms with Gasteiger partial charge >= 0.3 is 0 Å². The number of thioether (sulfide) groups is 1. The summed E-state index contributed by atoms with van der Waals surface area (Å²) >= 11 is 2.96. The average Bonchev–Trinajstić information content (AvgIpc) is 3.32. The van der Waals surface area contributed by atoms with Gasteiger partial charge in [-0.15, -0.1) is 23.1 Å². The van der Waals surface area contributed by atoms with Crippen LogP contribution < -0.4 is 10.5 Å². The highest BCUT2D eigenvalue weighted by Gasteiger charge is 2.44. The number of nitrogens with zero attached hydrogens (tertiary/aromatic N) is 1. The van der Waals surface area contributed by atoms with E-state index in [0.29, 0.717) is 36.5 Å². The molecule has 1 spiro atoms. The number of likely N-dealkylation sites (tertiary alicyclic amines) is 1. The van der Waals surface area contributed by atoms with E-state index in [-0.39, 0.29) is 22.8 Å². The van der Waals surface area contributed by atoms with E-state index < -0.39 is 0 Å². The minimum Gasteiger partial charge on any atom is -0.504 e. The van der Waals surface area contributed by atoms with Gasteiger partial charge in [0.1, 0.15) is 10.6 Å². The van der Waals surface area contributed by atoms with E-state index in [1.54, 1.807) is 0 Å². The molecule has 1 saturated heterocycles. The van der Waals surface area contributed by atoms with Crippen molar-refractivity contribution >= 4 is 39.8 Å². The van der Waals surface area contributed by atoms with Gasteiger partial charge in [0.2, 0.25) is 0 Å². The lowest BCUT2D eigenvalue weighted by Crippen LogP contribution is -2.45. The van der Waals surface area contributed by atoms with Crippen molar-refractivity contribution in [2.24, 2.45) is 5.73 Å².